The first-order valence-electron chi connectivity index (χ1n) is 8.29. The van der Waals surface area contributed by atoms with Crippen molar-refractivity contribution in [2.75, 3.05) is 7.05 Å². The van der Waals surface area contributed by atoms with E-state index in [1.54, 1.807) is 31.3 Å². The Morgan fingerprint density at radius 3 is 2.36 bits per heavy atom. The Morgan fingerprint density at radius 1 is 1.14 bits per heavy atom. The van der Waals surface area contributed by atoms with E-state index in [2.05, 4.69) is 20.4 Å². The third-order valence-electron chi connectivity index (χ3n) is 3.81. The molecule has 0 aliphatic heterocycles. The van der Waals surface area contributed by atoms with Crippen molar-refractivity contribution in [1.29, 1.82) is 0 Å². The quantitative estimate of drug-likeness (QED) is 0.477. The second-order valence-electron chi connectivity index (χ2n) is 5.96. The van der Waals surface area contributed by atoms with Crippen LogP contribution < -0.4 is 20.5 Å². The average molecular weight is 412 g/mol. The first kappa shape index (κ1) is 21.6. The second-order valence-corrected chi connectivity index (χ2v) is 7.52. The summed E-state index contributed by atoms with van der Waals surface area (Å²) in [5, 5.41) is 11.2. The van der Waals surface area contributed by atoms with Crippen LogP contribution in [-0.4, -0.2) is 28.0 Å². The summed E-state index contributed by atoms with van der Waals surface area (Å²) in [6.45, 7) is -0.445. The van der Waals surface area contributed by atoms with Crippen molar-refractivity contribution in [2.45, 2.75) is 31.5 Å². The molecule has 10 heteroatoms. The van der Waals surface area contributed by atoms with Crippen LogP contribution in [0.5, 0.6) is 5.75 Å². The van der Waals surface area contributed by atoms with Crippen LogP contribution in [0.2, 0.25) is 0 Å². The van der Waals surface area contributed by atoms with Crippen LogP contribution in [0.25, 0.3) is 0 Å². The minimum absolute atomic E-state index is 0.0322. The Kier molecular flexibility index (Phi) is 7.30. The highest BCUT2D eigenvalue weighted by Crippen LogP contribution is 2.22. The number of halogens is 2. The van der Waals surface area contributed by atoms with E-state index in [1.807, 2.05) is 6.92 Å². The smallest absolute Gasteiger partial charge is 0.387 e. The number of aliphatic imine (C=N–C) groups is 1. The highest BCUT2D eigenvalue weighted by Gasteiger charge is 2.11. The summed E-state index contributed by atoms with van der Waals surface area (Å²) < 4.78 is 52.2. The minimum Gasteiger partial charge on any atom is -0.434 e. The number of rotatable bonds is 7. The van der Waals surface area contributed by atoms with Crippen molar-refractivity contribution < 1.29 is 21.9 Å². The first-order chi connectivity index (χ1) is 13.2. The lowest BCUT2D eigenvalue weighted by atomic mass is 10.1. The van der Waals surface area contributed by atoms with Crippen molar-refractivity contribution in [3.05, 3.63) is 59.2 Å². The highest BCUT2D eigenvalue weighted by molar-refractivity contribution is 7.89. The molecule has 2 aromatic rings. The van der Waals surface area contributed by atoms with Crippen LogP contribution in [0.1, 0.15) is 16.7 Å². The Hall–Kier alpha value is -2.72. The fourth-order valence-electron chi connectivity index (χ4n) is 2.44. The third kappa shape index (κ3) is 6.46. The maximum Gasteiger partial charge on any atom is 0.387 e. The predicted octanol–water partition coefficient (Wildman–Crippen LogP) is 2.11. The molecule has 28 heavy (non-hydrogen) atoms. The van der Waals surface area contributed by atoms with Crippen molar-refractivity contribution >= 4 is 16.0 Å². The van der Waals surface area contributed by atoms with Gasteiger partial charge in [0.25, 0.3) is 0 Å². The second kappa shape index (κ2) is 9.47. The first-order valence-corrected chi connectivity index (χ1v) is 9.84. The molecule has 0 aliphatic carbocycles. The van der Waals surface area contributed by atoms with Gasteiger partial charge in [-0.15, -0.1) is 0 Å². The van der Waals surface area contributed by atoms with Gasteiger partial charge in [0, 0.05) is 25.7 Å². The van der Waals surface area contributed by atoms with Crippen LogP contribution in [0.3, 0.4) is 0 Å². The zero-order valence-electron chi connectivity index (χ0n) is 15.4. The number of ether oxygens (including phenoxy) is 1. The Balaban J connectivity index is 1.98. The number of benzene rings is 2. The van der Waals surface area contributed by atoms with Gasteiger partial charge in [-0.25, -0.2) is 13.6 Å². The molecule has 7 nitrogen and oxygen atoms in total. The van der Waals surface area contributed by atoms with Crippen molar-refractivity contribution in [3.8, 4) is 5.75 Å². The van der Waals surface area contributed by atoms with Gasteiger partial charge in [-0.05, 0) is 30.7 Å². The number of nitrogens with one attached hydrogen (secondary N) is 2. The van der Waals surface area contributed by atoms with Crippen LogP contribution in [-0.2, 0) is 23.1 Å². The highest BCUT2D eigenvalue weighted by atomic mass is 32.2. The van der Waals surface area contributed by atoms with Gasteiger partial charge < -0.3 is 15.4 Å². The molecule has 0 saturated carbocycles. The van der Waals surface area contributed by atoms with Gasteiger partial charge in [0.2, 0.25) is 10.0 Å². The molecule has 2 rings (SSSR count). The molecule has 0 radical (unpaired) electrons. The fourth-order valence-corrected chi connectivity index (χ4v) is 2.96. The Bertz CT molecular complexity index is 932. The molecule has 0 atom stereocenters. The van der Waals surface area contributed by atoms with Crippen LogP contribution >= 0.6 is 0 Å². The van der Waals surface area contributed by atoms with E-state index < -0.39 is 16.6 Å². The van der Waals surface area contributed by atoms with E-state index in [0.717, 1.165) is 11.1 Å². The molecule has 0 spiro atoms. The summed E-state index contributed by atoms with van der Waals surface area (Å²) >= 11 is 0. The maximum absolute atomic E-state index is 12.6. The maximum atomic E-state index is 12.6. The number of sulfonamides is 1. The Morgan fingerprint density at radius 2 is 1.79 bits per heavy atom. The summed E-state index contributed by atoms with van der Waals surface area (Å²) in [6.07, 6.45) is 0. The molecule has 2 aromatic carbocycles. The van der Waals surface area contributed by atoms with Gasteiger partial charge in [0.05, 0.1) is 4.90 Å². The van der Waals surface area contributed by atoms with E-state index in [0.29, 0.717) is 18.1 Å². The monoisotopic (exact) mass is 412 g/mol. The van der Waals surface area contributed by atoms with E-state index in [-0.39, 0.29) is 17.2 Å². The van der Waals surface area contributed by atoms with Crippen molar-refractivity contribution in [1.82, 2.24) is 10.6 Å². The summed E-state index contributed by atoms with van der Waals surface area (Å²) in [5.74, 6) is 0.544. The van der Waals surface area contributed by atoms with Gasteiger partial charge >= 0.3 is 6.61 Å². The minimum atomic E-state index is -3.73. The largest absolute Gasteiger partial charge is 0.434 e. The molecular weight excluding hydrogens is 390 g/mol. The van der Waals surface area contributed by atoms with Gasteiger partial charge in [-0.1, -0.05) is 29.8 Å². The molecular formula is C18H22F2N4O3S. The number of primary sulfonamides is 1. The van der Waals surface area contributed by atoms with E-state index >= 15 is 0 Å². The molecule has 0 saturated heterocycles. The summed E-state index contributed by atoms with van der Waals surface area (Å²) in [7, 11) is -2.16. The number of nitrogens with two attached hydrogens (primary N) is 1. The molecule has 0 heterocycles. The topological polar surface area (TPSA) is 106 Å². The lowest BCUT2D eigenvalue weighted by Crippen LogP contribution is -2.36. The fraction of sp³-hybridized carbons (Fsp3) is 0.278. The van der Waals surface area contributed by atoms with E-state index in [1.165, 1.54) is 18.2 Å². The van der Waals surface area contributed by atoms with Crippen molar-refractivity contribution in [2.24, 2.45) is 10.1 Å². The number of nitrogens with zero attached hydrogens (tertiary/aromatic N) is 1. The lowest BCUT2D eigenvalue weighted by Gasteiger charge is -2.15. The van der Waals surface area contributed by atoms with Crippen LogP contribution in [0.15, 0.2) is 52.4 Å². The summed E-state index contributed by atoms with van der Waals surface area (Å²) in [5.41, 5.74) is 2.30. The number of hydrogen-bond donors (Lipinski definition) is 3. The lowest BCUT2D eigenvalue weighted by molar-refractivity contribution is -0.0504. The molecule has 0 aliphatic rings. The normalized spacial score (nSPS) is 12.1. The summed E-state index contributed by atoms with van der Waals surface area (Å²) in [4.78, 5) is 4.11. The number of hydrogen-bond acceptors (Lipinski definition) is 4. The molecule has 0 amide bonds. The SMILES string of the molecule is CN=C(NCc1ccc(S(N)(=O)=O)cc1)NCc1cc(C)ccc1OC(F)F. The summed E-state index contributed by atoms with van der Waals surface area (Å²) in [6, 6.07) is 11.1. The van der Waals surface area contributed by atoms with Gasteiger partial charge in [-0.2, -0.15) is 8.78 Å². The van der Waals surface area contributed by atoms with Gasteiger partial charge in [0.1, 0.15) is 5.75 Å². The zero-order chi connectivity index (χ0) is 20.7. The molecule has 152 valence electrons. The van der Waals surface area contributed by atoms with Gasteiger partial charge in [0.15, 0.2) is 5.96 Å². The van der Waals surface area contributed by atoms with E-state index in [4.69, 9.17) is 5.14 Å². The third-order valence-corrected chi connectivity index (χ3v) is 4.74. The number of alkyl halides is 2. The van der Waals surface area contributed by atoms with Gasteiger partial charge in [-0.3, -0.25) is 4.99 Å². The van der Waals surface area contributed by atoms with E-state index in [9.17, 15) is 17.2 Å². The molecule has 0 aromatic heterocycles. The van der Waals surface area contributed by atoms with Crippen LogP contribution in [0, 0.1) is 6.92 Å². The van der Waals surface area contributed by atoms with Crippen LogP contribution in [0.4, 0.5) is 8.78 Å². The number of guanidine groups is 1. The molecule has 0 unspecified atom stereocenters. The standard InChI is InChI=1S/C18H22F2N4O3S/c1-12-3-8-16(27-17(19)20)14(9-12)11-24-18(22-2)23-10-13-4-6-15(7-5-13)28(21,25)26/h3-9,17H,10-11H2,1-2H3,(H2,21,25,26)(H2,22,23,24). The predicted molar refractivity (Wildman–Crippen MR) is 103 cm³/mol. The molecule has 4 N–H and O–H groups in total. The number of aryl methyl sites for hydroxylation is 1. The van der Waals surface area contributed by atoms with Crippen molar-refractivity contribution in [3.63, 3.8) is 0 Å². The average Bonchev–Trinajstić information content (AvgIpc) is 2.63. The molecule has 0 bridgehead atoms. The zero-order valence-corrected chi connectivity index (χ0v) is 16.3. The Labute approximate surface area is 162 Å². The molecule has 0 fully saturated rings.